The largest absolute Gasteiger partial charge is 0.374 e. The van der Waals surface area contributed by atoms with Crippen molar-refractivity contribution >= 4 is 5.91 Å². The highest BCUT2D eigenvalue weighted by Gasteiger charge is 2.22. The second-order valence-corrected chi connectivity index (χ2v) is 4.57. The van der Waals surface area contributed by atoms with E-state index < -0.39 is 0 Å². The van der Waals surface area contributed by atoms with Crippen LogP contribution in [0.4, 0.5) is 0 Å². The molecule has 1 aliphatic heterocycles. The minimum absolute atomic E-state index is 0.0768. The van der Waals surface area contributed by atoms with Crippen LogP contribution in [0.25, 0.3) is 0 Å². The van der Waals surface area contributed by atoms with Gasteiger partial charge in [0, 0.05) is 13.1 Å². The molecule has 0 aromatic carbocycles. The van der Waals surface area contributed by atoms with Crippen LogP contribution in [-0.2, 0) is 9.53 Å². The molecule has 0 saturated carbocycles. The van der Waals surface area contributed by atoms with Gasteiger partial charge < -0.3 is 15.4 Å². The van der Waals surface area contributed by atoms with Crippen LogP contribution >= 0.6 is 0 Å². The zero-order chi connectivity index (χ0) is 12.0. The van der Waals surface area contributed by atoms with Gasteiger partial charge in [-0.15, -0.1) is 0 Å². The number of hydrogen-bond donors (Lipinski definition) is 2. The smallest absolute Gasteiger partial charge is 0.236 e. The van der Waals surface area contributed by atoms with E-state index in [1.165, 1.54) is 0 Å². The maximum absolute atomic E-state index is 11.6. The minimum Gasteiger partial charge on any atom is -0.374 e. The molecule has 1 aliphatic rings. The zero-order valence-corrected chi connectivity index (χ0v) is 10.6. The van der Waals surface area contributed by atoms with E-state index in [9.17, 15) is 4.79 Å². The van der Waals surface area contributed by atoms with Crippen molar-refractivity contribution in [2.75, 3.05) is 13.1 Å². The third-order valence-corrected chi connectivity index (χ3v) is 2.91. The van der Waals surface area contributed by atoms with Crippen molar-refractivity contribution in [1.82, 2.24) is 10.6 Å². The molecule has 1 fully saturated rings. The highest BCUT2D eigenvalue weighted by atomic mass is 16.5. The number of carbonyl (C=O) groups is 1. The number of rotatable bonds is 6. The Kier molecular flexibility index (Phi) is 5.77. The van der Waals surface area contributed by atoms with Gasteiger partial charge in [0.1, 0.15) is 0 Å². The van der Waals surface area contributed by atoms with Crippen LogP contribution < -0.4 is 10.6 Å². The van der Waals surface area contributed by atoms with Gasteiger partial charge in [0.25, 0.3) is 0 Å². The second-order valence-electron chi connectivity index (χ2n) is 4.57. The molecule has 2 N–H and O–H groups in total. The minimum atomic E-state index is -0.133. The van der Waals surface area contributed by atoms with Gasteiger partial charge in [0.2, 0.25) is 5.91 Å². The second kappa shape index (κ2) is 6.86. The van der Waals surface area contributed by atoms with Gasteiger partial charge in [-0.2, -0.15) is 0 Å². The first kappa shape index (κ1) is 13.5. The Morgan fingerprint density at radius 2 is 2.25 bits per heavy atom. The third-order valence-electron chi connectivity index (χ3n) is 2.91. The monoisotopic (exact) mass is 228 g/mol. The van der Waals surface area contributed by atoms with Gasteiger partial charge in [-0.1, -0.05) is 6.92 Å². The molecule has 1 amide bonds. The molecule has 1 saturated heterocycles. The summed E-state index contributed by atoms with van der Waals surface area (Å²) in [5.41, 5.74) is 0. The van der Waals surface area contributed by atoms with Crippen molar-refractivity contribution in [2.24, 2.45) is 0 Å². The van der Waals surface area contributed by atoms with Gasteiger partial charge in [-0.3, -0.25) is 4.79 Å². The summed E-state index contributed by atoms with van der Waals surface area (Å²) < 4.78 is 5.68. The van der Waals surface area contributed by atoms with Gasteiger partial charge in [0.15, 0.2) is 0 Å². The molecule has 94 valence electrons. The van der Waals surface area contributed by atoms with Crippen LogP contribution in [0.3, 0.4) is 0 Å². The first-order chi connectivity index (χ1) is 7.63. The standard InChI is InChI=1S/C12H24N2O2/c1-4-7-13-12(15)10(3)14-8-11-6-5-9(2)16-11/h9-11,14H,4-8H2,1-3H3,(H,13,15). The van der Waals surface area contributed by atoms with Crippen molar-refractivity contribution in [1.29, 1.82) is 0 Å². The van der Waals surface area contributed by atoms with Gasteiger partial charge >= 0.3 is 0 Å². The molecule has 1 heterocycles. The average molecular weight is 228 g/mol. The molecule has 3 unspecified atom stereocenters. The lowest BCUT2D eigenvalue weighted by Gasteiger charge is -2.17. The summed E-state index contributed by atoms with van der Waals surface area (Å²) in [6.07, 6.45) is 3.84. The predicted octanol–water partition coefficient (Wildman–Crippen LogP) is 1.06. The molecule has 0 radical (unpaired) electrons. The van der Waals surface area contributed by atoms with Crippen molar-refractivity contribution in [3.05, 3.63) is 0 Å². The molecular formula is C12H24N2O2. The fourth-order valence-corrected chi connectivity index (χ4v) is 1.84. The number of amides is 1. The molecule has 1 rings (SSSR count). The number of hydrogen-bond acceptors (Lipinski definition) is 3. The maximum atomic E-state index is 11.6. The lowest BCUT2D eigenvalue weighted by Crippen LogP contribution is -2.44. The predicted molar refractivity (Wildman–Crippen MR) is 64.3 cm³/mol. The summed E-state index contributed by atoms with van der Waals surface area (Å²) >= 11 is 0. The molecule has 4 heteroatoms. The fourth-order valence-electron chi connectivity index (χ4n) is 1.84. The summed E-state index contributed by atoms with van der Waals surface area (Å²) in [6, 6.07) is -0.133. The van der Waals surface area contributed by atoms with Crippen LogP contribution in [0.5, 0.6) is 0 Å². The van der Waals surface area contributed by atoms with Crippen molar-refractivity contribution in [2.45, 2.75) is 58.3 Å². The van der Waals surface area contributed by atoms with Gasteiger partial charge in [0.05, 0.1) is 18.2 Å². The molecule has 4 nitrogen and oxygen atoms in total. The number of nitrogens with one attached hydrogen (secondary N) is 2. The summed E-state index contributed by atoms with van der Waals surface area (Å²) in [6.45, 7) is 7.56. The van der Waals surface area contributed by atoms with E-state index in [-0.39, 0.29) is 18.1 Å². The summed E-state index contributed by atoms with van der Waals surface area (Å²) in [7, 11) is 0. The molecule has 0 spiro atoms. The van der Waals surface area contributed by atoms with E-state index in [2.05, 4.69) is 17.6 Å². The maximum Gasteiger partial charge on any atom is 0.236 e. The molecule has 0 bridgehead atoms. The highest BCUT2D eigenvalue weighted by molar-refractivity contribution is 5.81. The van der Waals surface area contributed by atoms with Gasteiger partial charge in [-0.05, 0) is 33.1 Å². The Hall–Kier alpha value is -0.610. The number of ether oxygens (including phenoxy) is 1. The summed E-state index contributed by atoms with van der Waals surface area (Å²) in [4.78, 5) is 11.6. The summed E-state index contributed by atoms with van der Waals surface area (Å²) in [5, 5.41) is 6.09. The van der Waals surface area contributed by atoms with E-state index >= 15 is 0 Å². The normalized spacial score (nSPS) is 26.7. The quantitative estimate of drug-likeness (QED) is 0.714. The average Bonchev–Trinajstić information content (AvgIpc) is 2.68. The molecule has 3 atom stereocenters. The molecule has 0 aliphatic carbocycles. The van der Waals surface area contributed by atoms with Crippen LogP contribution in [0.15, 0.2) is 0 Å². The third kappa shape index (κ3) is 4.49. The molecule has 0 aromatic rings. The zero-order valence-electron chi connectivity index (χ0n) is 10.6. The van der Waals surface area contributed by atoms with Crippen molar-refractivity contribution in [3.63, 3.8) is 0 Å². The van der Waals surface area contributed by atoms with E-state index in [0.29, 0.717) is 6.10 Å². The van der Waals surface area contributed by atoms with E-state index in [1.807, 2.05) is 13.8 Å². The van der Waals surface area contributed by atoms with Crippen LogP contribution in [0.1, 0.15) is 40.0 Å². The fraction of sp³-hybridized carbons (Fsp3) is 0.917. The highest BCUT2D eigenvalue weighted by Crippen LogP contribution is 2.18. The van der Waals surface area contributed by atoms with Crippen LogP contribution in [0.2, 0.25) is 0 Å². The Morgan fingerprint density at radius 3 is 2.81 bits per heavy atom. The van der Waals surface area contributed by atoms with E-state index in [4.69, 9.17) is 4.74 Å². The topological polar surface area (TPSA) is 50.4 Å². The molecular weight excluding hydrogens is 204 g/mol. The Morgan fingerprint density at radius 1 is 1.50 bits per heavy atom. The summed E-state index contributed by atoms with van der Waals surface area (Å²) in [5.74, 6) is 0.0768. The first-order valence-corrected chi connectivity index (χ1v) is 6.30. The van der Waals surface area contributed by atoms with Gasteiger partial charge in [-0.25, -0.2) is 0 Å². The molecule has 16 heavy (non-hydrogen) atoms. The molecule has 0 aromatic heterocycles. The van der Waals surface area contributed by atoms with E-state index in [0.717, 1.165) is 32.4 Å². The van der Waals surface area contributed by atoms with Crippen molar-refractivity contribution < 1.29 is 9.53 Å². The van der Waals surface area contributed by atoms with Crippen molar-refractivity contribution in [3.8, 4) is 0 Å². The van der Waals surface area contributed by atoms with Crippen LogP contribution in [-0.4, -0.2) is 37.2 Å². The Bertz CT molecular complexity index is 221. The van der Waals surface area contributed by atoms with Crippen LogP contribution in [0, 0.1) is 0 Å². The first-order valence-electron chi connectivity index (χ1n) is 6.30. The SMILES string of the molecule is CCCNC(=O)C(C)NCC1CCC(C)O1. The lowest BCUT2D eigenvalue weighted by atomic mass is 10.2. The lowest BCUT2D eigenvalue weighted by molar-refractivity contribution is -0.122. The Labute approximate surface area is 98.1 Å². The Balaban J connectivity index is 2.14. The van der Waals surface area contributed by atoms with E-state index in [1.54, 1.807) is 0 Å². The number of carbonyl (C=O) groups excluding carboxylic acids is 1.